The fourth-order valence-corrected chi connectivity index (χ4v) is 0.960. The summed E-state index contributed by atoms with van der Waals surface area (Å²) in [5, 5.41) is 8.30. The van der Waals surface area contributed by atoms with Gasteiger partial charge in [-0.3, -0.25) is 0 Å². The van der Waals surface area contributed by atoms with E-state index in [9.17, 15) is 26.3 Å². The third-order valence-corrected chi connectivity index (χ3v) is 1.64. The van der Waals surface area contributed by atoms with Crippen LogP contribution in [0.1, 0.15) is 23.2 Å². The van der Waals surface area contributed by atoms with Crippen LogP contribution >= 0.6 is 0 Å². The summed E-state index contributed by atoms with van der Waals surface area (Å²) in [4.78, 5) is 2.41. The molecule has 0 aliphatic rings. The monoisotopic (exact) mass is 240 g/mol. The van der Waals surface area contributed by atoms with E-state index in [-0.39, 0.29) is 6.07 Å². The molecule has 8 heteroatoms. The molecule has 0 bridgehead atoms. The molecule has 2 nitrogen and oxygen atoms in total. The Balaban J connectivity index is 3.48. The van der Waals surface area contributed by atoms with Gasteiger partial charge in [0.05, 0.1) is 0 Å². The van der Waals surface area contributed by atoms with Gasteiger partial charge in [0.25, 0.3) is 6.43 Å². The van der Waals surface area contributed by atoms with Gasteiger partial charge >= 0.3 is 6.18 Å². The van der Waals surface area contributed by atoms with E-state index in [1.54, 1.807) is 0 Å². The van der Waals surface area contributed by atoms with Crippen LogP contribution in [-0.2, 0) is 6.18 Å². The summed E-state index contributed by atoms with van der Waals surface area (Å²) in [6.07, 6.45) is -8.42. The number of nitrogens with zero attached hydrogens (tertiary/aromatic N) is 2. The highest BCUT2D eigenvalue weighted by atomic mass is 19.4. The Labute approximate surface area is 85.1 Å². The highest BCUT2D eigenvalue weighted by Gasteiger charge is 2.35. The number of pyridine rings is 1. The first kappa shape index (κ1) is 12.3. The van der Waals surface area contributed by atoms with Crippen molar-refractivity contribution in [2.24, 2.45) is 0 Å². The number of alkyl halides is 5. The number of hydrogen-bond donors (Lipinski definition) is 0. The Morgan fingerprint density at radius 3 is 2.25 bits per heavy atom. The van der Waals surface area contributed by atoms with Gasteiger partial charge < -0.3 is 0 Å². The second-order valence-electron chi connectivity index (χ2n) is 2.67. The maximum absolute atomic E-state index is 12.8. The van der Waals surface area contributed by atoms with Crippen molar-refractivity contribution >= 4 is 0 Å². The molecule has 0 aromatic carbocycles. The van der Waals surface area contributed by atoms with E-state index < -0.39 is 35.4 Å². The Hall–Kier alpha value is -1.78. The maximum Gasteiger partial charge on any atom is 0.433 e. The molecule has 0 radical (unpaired) electrons. The van der Waals surface area contributed by atoms with Gasteiger partial charge in [0.2, 0.25) is 5.95 Å². The fourth-order valence-electron chi connectivity index (χ4n) is 0.960. The average Bonchev–Trinajstić information content (AvgIpc) is 2.14. The molecule has 0 aliphatic heterocycles. The van der Waals surface area contributed by atoms with Crippen molar-refractivity contribution in [1.29, 1.82) is 5.26 Å². The summed E-state index contributed by atoms with van der Waals surface area (Å²) in [6, 6.07) is 1.00. The minimum Gasteiger partial charge on any atom is -0.214 e. The molecule has 1 heterocycles. The molecule has 0 fully saturated rings. The van der Waals surface area contributed by atoms with Crippen molar-refractivity contribution in [1.82, 2.24) is 4.98 Å². The van der Waals surface area contributed by atoms with E-state index in [4.69, 9.17) is 5.26 Å². The van der Waals surface area contributed by atoms with Crippen molar-refractivity contribution in [2.45, 2.75) is 12.6 Å². The Morgan fingerprint density at radius 1 is 1.31 bits per heavy atom. The molecule has 86 valence electrons. The van der Waals surface area contributed by atoms with Crippen LogP contribution in [-0.4, -0.2) is 4.98 Å². The smallest absolute Gasteiger partial charge is 0.214 e. The maximum atomic E-state index is 12.8. The summed E-state index contributed by atoms with van der Waals surface area (Å²) in [5.74, 6) is -1.85. The van der Waals surface area contributed by atoms with E-state index in [0.29, 0.717) is 0 Å². The lowest BCUT2D eigenvalue weighted by Gasteiger charge is -2.09. The van der Waals surface area contributed by atoms with Crippen LogP contribution in [0.25, 0.3) is 0 Å². The first-order valence-corrected chi connectivity index (χ1v) is 3.73. The minimum atomic E-state index is -5.04. The van der Waals surface area contributed by atoms with Crippen LogP contribution in [0.5, 0.6) is 0 Å². The predicted octanol–water partition coefficient (Wildman–Crippen LogP) is 3.05. The molecule has 0 atom stereocenters. The van der Waals surface area contributed by atoms with E-state index >= 15 is 0 Å². The fraction of sp³-hybridized carbons (Fsp3) is 0.250. The highest BCUT2D eigenvalue weighted by Crippen LogP contribution is 2.32. The van der Waals surface area contributed by atoms with Crippen LogP contribution in [0.4, 0.5) is 26.3 Å². The molecule has 1 aromatic heterocycles. The largest absolute Gasteiger partial charge is 0.433 e. The van der Waals surface area contributed by atoms with Crippen LogP contribution in [0.3, 0.4) is 0 Å². The molecular weight excluding hydrogens is 238 g/mol. The standard InChI is InChI=1S/C8H2F6N2/c9-6(10)3-1-5(8(12,13)14)16-7(11)4(3)2-15/h1,6H. The van der Waals surface area contributed by atoms with Crippen LogP contribution in [0.2, 0.25) is 0 Å². The number of hydrogen-bond acceptors (Lipinski definition) is 2. The number of rotatable bonds is 1. The minimum absolute atomic E-state index is 0.0354. The lowest BCUT2D eigenvalue weighted by atomic mass is 10.1. The van der Waals surface area contributed by atoms with Gasteiger partial charge in [0.1, 0.15) is 17.3 Å². The van der Waals surface area contributed by atoms with Gasteiger partial charge in [-0.2, -0.15) is 22.8 Å². The third-order valence-electron chi connectivity index (χ3n) is 1.64. The first-order chi connectivity index (χ1) is 7.27. The zero-order valence-corrected chi connectivity index (χ0v) is 7.32. The Kier molecular flexibility index (Phi) is 3.07. The topological polar surface area (TPSA) is 36.7 Å². The van der Waals surface area contributed by atoms with Crippen molar-refractivity contribution in [2.75, 3.05) is 0 Å². The van der Waals surface area contributed by atoms with Crippen molar-refractivity contribution < 1.29 is 26.3 Å². The quantitative estimate of drug-likeness (QED) is 0.558. The van der Waals surface area contributed by atoms with Gasteiger partial charge in [-0.25, -0.2) is 13.8 Å². The van der Waals surface area contributed by atoms with Crippen LogP contribution in [0, 0.1) is 17.3 Å². The van der Waals surface area contributed by atoms with Crippen LogP contribution < -0.4 is 0 Å². The molecule has 1 rings (SSSR count). The molecule has 0 amide bonds. The van der Waals surface area contributed by atoms with E-state index in [2.05, 4.69) is 4.98 Å². The molecular formula is C8H2F6N2. The SMILES string of the molecule is N#Cc1c(C(F)F)cc(C(F)(F)F)nc1F. The second kappa shape index (κ2) is 4.00. The lowest BCUT2D eigenvalue weighted by Crippen LogP contribution is -2.12. The van der Waals surface area contributed by atoms with Gasteiger partial charge in [-0.1, -0.05) is 0 Å². The van der Waals surface area contributed by atoms with E-state index in [1.807, 2.05) is 0 Å². The molecule has 0 spiro atoms. The van der Waals surface area contributed by atoms with E-state index in [1.165, 1.54) is 0 Å². The highest BCUT2D eigenvalue weighted by molar-refractivity contribution is 5.39. The summed E-state index contributed by atoms with van der Waals surface area (Å²) < 4.78 is 73.6. The summed E-state index contributed by atoms with van der Waals surface area (Å²) in [6.45, 7) is 0. The van der Waals surface area contributed by atoms with Crippen molar-refractivity contribution in [3.8, 4) is 6.07 Å². The molecule has 16 heavy (non-hydrogen) atoms. The molecule has 0 saturated carbocycles. The predicted molar refractivity (Wildman–Crippen MR) is 38.9 cm³/mol. The van der Waals surface area contributed by atoms with Gasteiger partial charge in [0.15, 0.2) is 0 Å². The second-order valence-corrected chi connectivity index (χ2v) is 2.67. The van der Waals surface area contributed by atoms with Crippen LogP contribution in [0.15, 0.2) is 6.07 Å². The number of halogens is 6. The van der Waals surface area contributed by atoms with E-state index in [0.717, 1.165) is 6.07 Å². The van der Waals surface area contributed by atoms with Crippen molar-refractivity contribution in [3.63, 3.8) is 0 Å². The zero-order valence-electron chi connectivity index (χ0n) is 7.32. The lowest BCUT2D eigenvalue weighted by molar-refractivity contribution is -0.141. The molecule has 0 saturated heterocycles. The Bertz CT molecular complexity index is 445. The number of nitriles is 1. The summed E-state index contributed by atoms with van der Waals surface area (Å²) >= 11 is 0. The summed E-state index contributed by atoms with van der Waals surface area (Å²) in [5.41, 5.74) is -4.29. The third kappa shape index (κ3) is 2.24. The van der Waals surface area contributed by atoms with Gasteiger partial charge in [-0.15, -0.1) is 0 Å². The molecule has 0 aliphatic carbocycles. The summed E-state index contributed by atoms with van der Waals surface area (Å²) in [7, 11) is 0. The van der Waals surface area contributed by atoms with Gasteiger partial charge in [0, 0.05) is 5.56 Å². The molecule has 0 N–H and O–H groups in total. The number of aromatic nitrogens is 1. The first-order valence-electron chi connectivity index (χ1n) is 3.73. The molecule has 0 unspecified atom stereocenters. The van der Waals surface area contributed by atoms with Crippen molar-refractivity contribution in [3.05, 3.63) is 28.8 Å². The molecule has 1 aromatic rings. The Morgan fingerprint density at radius 2 is 1.88 bits per heavy atom. The zero-order chi connectivity index (χ0) is 12.5. The normalized spacial score (nSPS) is 11.6. The van der Waals surface area contributed by atoms with Gasteiger partial charge in [-0.05, 0) is 6.07 Å². The average molecular weight is 240 g/mol.